The molecule has 0 spiro atoms. The SMILES string of the molecule is CC1=C(/C=C(C)/C=C/C=C/C(C)=C/C=O)C(C)(C)CCC1. The molecule has 1 heteroatoms. The molecule has 0 atom stereocenters. The molecule has 1 aliphatic carbocycles. The molecule has 0 aromatic heterocycles. The minimum absolute atomic E-state index is 0.288. The lowest BCUT2D eigenvalue weighted by atomic mass is 9.72. The second kappa shape index (κ2) is 7.97. The molecule has 0 bridgehead atoms. The first-order valence-electron chi connectivity index (χ1n) is 7.72. The van der Waals surface area contributed by atoms with Crippen molar-refractivity contribution in [1.82, 2.24) is 0 Å². The third kappa shape index (κ3) is 5.71. The van der Waals surface area contributed by atoms with Gasteiger partial charge in [0.25, 0.3) is 0 Å². The van der Waals surface area contributed by atoms with Gasteiger partial charge in [-0.3, -0.25) is 4.79 Å². The summed E-state index contributed by atoms with van der Waals surface area (Å²) in [5.74, 6) is 0. The fourth-order valence-corrected chi connectivity index (χ4v) is 2.81. The Morgan fingerprint density at radius 2 is 1.71 bits per heavy atom. The van der Waals surface area contributed by atoms with E-state index in [1.807, 2.05) is 25.2 Å². The molecule has 0 N–H and O–H groups in total. The van der Waals surface area contributed by atoms with Gasteiger partial charge in [-0.15, -0.1) is 0 Å². The van der Waals surface area contributed by atoms with Gasteiger partial charge in [0.2, 0.25) is 0 Å². The van der Waals surface area contributed by atoms with Crippen LogP contribution in [0.15, 0.2) is 58.7 Å². The lowest BCUT2D eigenvalue weighted by Gasteiger charge is -2.33. The number of allylic oxidation sites excluding steroid dienone is 10. The van der Waals surface area contributed by atoms with Crippen molar-refractivity contribution in [2.45, 2.75) is 53.9 Å². The van der Waals surface area contributed by atoms with E-state index < -0.39 is 0 Å². The van der Waals surface area contributed by atoms with Crippen LogP contribution in [0.5, 0.6) is 0 Å². The Hall–Kier alpha value is -1.63. The third-order valence-corrected chi connectivity index (χ3v) is 4.07. The Morgan fingerprint density at radius 3 is 2.29 bits per heavy atom. The normalized spacial score (nSPS) is 20.6. The van der Waals surface area contributed by atoms with Crippen molar-refractivity contribution in [3.63, 3.8) is 0 Å². The van der Waals surface area contributed by atoms with E-state index in [9.17, 15) is 4.79 Å². The van der Waals surface area contributed by atoms with E-state index in [2.05, 4.69) is 39.8 Å². The van der Waals surface area contributed by atoms with Crippen LogP contribution in [-0.4, -0.2) is 6.29 Å². The highest BCUT2D eigenvalue weighted by Crippen LogP contribution is 2.41. The maximum Gasteiger partial charge on any atom is 0.143 e. The van der Waals surface area contributed by atoms with Crippen molar-refractivity contribution in [1.29, 1.82) is 0 Å². The van der Waals surface area contributed by atoms with Gasteiger partial charge < -0.3 is 0 Å². The van der Waals surface area contributed by atoms with Crippen LogP contribution < -0.4 is 0 Å². The fraction of sp³-hybridized carbons (Fsp3) is 0.450. The van der Waals surface area contributed by atoms with Gasteiger partial charge >= 0.3 is 0 Å². The van der Waals surface area contributed by atoms with Gasteiger partial charge in [0.1, 0.15) is 6.29 Å². The average molecular weight is 284 g/mol. The zero-order valence-electron chi connectivity index (χ0n) is 14.1. The second-order valence-corrected chi connectivity index (χ2v) is 6.58. The fourth-order valence-electron chi connectivity index (χ4n) is 2.81. The minimum atomic E-state index is 0.288. The molecule has 0 fully saturated rings. The Morgan fingerprint density at radius 1 is 1.10 bits per heavy atom. The van der Waals surface area contributed by atoms with E-state index in [1.54, 1.807) is 6.08 Å². The van der Waals surface area contributed by atoms with Gasteiger partial charge in [0.05, 0.1) is 0 Å². The summed E-state index contributed by atoms with van der Waals surface area (Å²) in [7, 11) is 0. The van der Waals surface area contributed by atoms with Crippen LogP contribution in [0.25, 0.3) is 0 Å². The molecular formula is C20H28O. The second-order valence-electron chi connectivity index (χ2n) is 6.58. The molecule has 0 aromatic rings. The average Bonchev–Trinajstić information content (AvgIpc) is 2.39. The number of rotatable bonds is 5. The molecule has 1 rings (SSSR count). The van der Waals surface area contributed by atoms with Crippen LogP contribution in [0.4, 0.5) is 0 Å². The maximum atomic E-state index is 10.3. The summed E-state index contributed by atoms with van der Waals surface area (Å²) >= 11 is 0. The van der Waals surface area contributed by atoms with E-state index in [-0.39, 0.29) is 5.41 Å². The zero-order valence-corrected chi connectivity index (χ0v) is 14.1. The predicted molar refractivity (Wildman–Crippen MR) is 92.2 cm³/mol. The summed E-state index contributed by atoms with van der Waals surface area (Å²) in [6.07, 6.45) is 16.6. The Labute approximate surface area is 129 Å². The molecule has 0 radical (unpaired) electrons. The quantitative estimate of drug-likeness (QED) is 0.358. The van der Waals surface area contributed by atoms with Gasteiger partial charge in [-0.05, 0) is 62.7 Å². The van der Waals surface area contributed by atoms with Gasteiger partial charge in [-0.2, -0.15) is 0 Å². The summed E-state index contributed by atoms with van der Waals surface area (Å²) in [4.78, 5) is 10.3. The molecule has 114 valence electrons. The van der Waals surface area contributed by atoms with Crippen molar-refractivity contribution < 1.29 is 4.79 Å². The van der Waals surface area contributed by atoms with Crippen molar-refractivity contribution in [3.05, 3.63) is 58.7 Å². The number of hydrogen-bond acceptors (Lipinski definition) is 1. The highest BCUT2D eigenvalue weighted by molar-refractivity contribution is 5.66. The van der Waals surface area contributed by atoms with Crippen LogP contribution >= 0.6 is 0 Å². The van der Waals surface area contributed by atoms with Gasteiger partial charge in [-0.1, -0.05) is 55.4 Å². The lowest BCUT2D eigenvalue weighted by molar-refractivity contribution is -0.104. The van der Waals surface area contributed by atoms with E-state index in [4.69, 9.17) is 0 Å². The molecule has 0 aromatic carbocycles. The van der Waals surface area contributed by atoms with Crippen LogP contribution in [0.1, 0.15) is 53.9 Å². The third-order valence-electron chi connectivity index (χ3n) is 4.07. The van der Waals surface area contributed by atoms with Crippen LogP contribution in [0.3, 0.4) is 0 Å². The number of carbonyl (C=O) groups excluding carboxylic acids is 1. The number of carbonyl (C=O) groups is 1. The summed E-state index contributed by atoms with van der Waals surface area (Å²) in [6.45, 7) is 11.0. The topological polar surface area (TPSA) is 17.1 Å². The lowest BCUT2D eigenvalue weighted by Crippen LogP contribution is -2.19. The number of aldehydes is 1. The maximum absolute atomic E-state index is 10.3. The molecular weight excluding hydrogens is 256 g/mol. The van der Waals surface area contributed by atoms with E-state index in [1.165, 1.54) is 36.0 Å². The Bertz CT molecular complexity index is 522. The molecule has 0 saturated carbocycles. The summed E-state index contributed by atoms with van der Waals surface area (Å²) in [6, 6.07) is 0. The summed E-state index contributed by atoms with van der Waals surface area (Å²) < 4.78 is 0. The molecule has 0 amide bonds. The molecule has 0 unspecified atom stereocenters. The van der Waals surface area contributed by atoms with Crippen LogP contribution in [-0.2, 0) is 4.79 Å². The highest BCUT2D eigenvalue weighted by atomic mass is 16.1. The van der Waals surface area contributed by atoms with Gasteiger partial charge in [0.15, 0.2) is 0 Å². The molecule has 21 heavy (non-hydrogen) atoms. The van der Waals surface area contributed by atoms with Crippen molar-refractivity contribution in [2.75, 3.05) is 0 Å². The van der Waals surface area contributed by atoms with Crippen LogP contribution in [0, 0.1) is 5.41 Å². The molecule has 0 aliphatic heterocycles. The minimum Gasteiger partial charge on any atom is -0.299 e. The smallest absolute Gasteiger partial charge is 0.143 e. The van der Waals surface area contributed by atoms with E-state index in [0.29, 0.717) is 0 Å². The van der Waals surface area contributed by atoms with Gasteiger partial charge in [0, 0.05) is 0 Å². The zero-order chi connectivity index (χ0) is 15.9. The first-order chi connectivity index (χ1) is 9.86. The molecule has 1 nitrogen and oxygen atoms in total. The van der Waals surface area contributed by atoms with Crippen molar-refractivity contribution in [3.8, 4) is 0 Å². The first kappa shape index (κ1) is 17.4. The monoisotopic (exact) mass is 284 g/mol. The highest BCUT2D eigenvalue weighted by Gasteiger charge is 2.26. The van der Waals surface area contributed by atoms with Gasteiger partial charge in [-0.25, -0.2) is 0 Å². The van der Waals surface area contributed by atoms with E-state index in [0.717, 1.165) is 11.9 Å². The standard InChI is InChI=1S/C20H28O/c1-16(12-14-21)9-6-7-10-17(2)15-19-18(3)11-8-13-20(19,4)5/h6-7,9-10,12,14-15H,8,11,13H2,1-5H3/b9-6+,10-7+,16-12+,17-15+. The molecule has 0 heterocycles. The predicted octanol–water partition coefficient (Wildman–Crippen LogP) is 5.72. The number of hydrogen-bond donors (Lipinski definition) is 0. The molecule has 0 saturated heterocycles. The van der Waals surface area contributed by atoms with E-state index >= 15 is 0 Å². The van der Waals surface area contributed by atoms with Crippen LogP contribution in [0.2, 0.25) is 0 Å². The summed E-state index contributed by atoms with van der Waals surface area (Å²) in [5, 5.41) is 0. The first-order valence-corrected chi connectivity index (χ1v) is 7.72. The summed E-state index contributed by atoms with van der Waals surface area (Å²) in [5.41, 5.74) is 5.54. The van der Waals surface area contributed by atoms with Crippen molar-refractivity contribution >= 4 is 6.29 Å². The Kier molecular flexibility index (Phi) is 6.61. The Balaban J connectivity index is 2.81. The van der Waals surface area contributed by atoms with Crippen molar-refractivity contribution in [2.24, 2.45) is 5.41 Å². The largest absolute Gasteiger partial charge is 0.299 e. The molecule has 1 aliphatic rings.